The molecule has 1 aromatic rings. The second kappa shape index (κ2) is 6.30. The molecule has 0 heterocycles. The van der Waals surface area contributed by atoms with E-state index in [1.54, 1.807) is 7.11 Å². The Labute approximate surface area is 80.2 Å². The van der Waals surface area contributed by atoms with Crippen molar-refractivity contribution in [1.82, 2.24) is 0 Å². The van der Waals surface area contributed by atoms with E-state index in [0.717, 1.165) is 5.75 Å². The molecule has 0 saturated carbocycles. The van der Waals surface area contributed by atoms with E-state index in [-0.39, 0.29) is 20.3 Å². The summed E-state index contributed by atoms with van der Waals surface area (Å²) in [5.41, 5.74) is 0. The minimum Gasteiger partial charge on any atom is -1.00 e. The maximum atomic E-state index is 5.13. The van der Waals surface area contributed by atoms with E-state index >= 15 is 0 Å². The summed E-state index contributed by atoms with van der Waals surface area (Å²) < 4.78 is 9.86. The van der Waals surface area contributed by atoms with Gasteiger partial charge >= 0.3 is 18.9 Å². The summed E-state index contributed by atoms with van der Waals surface area (Å²) in [6, 6.07) is 9.56. The molecule has 0 aliphatic carbocycles. The molecule has 0 atom stereocenters. The van der Waals surface area contributed by atoms with Gasteiger partial charge in [0.05, 0.1) is 0 Å². The number of hydrogen-bond acceptors (Lipinski definition) is 2. The number of hydrogen-bond donors (Lipinski definition) is 0. The van der Waals surface area contributed by atoms with E-state index < -0.39 is 0 Å². The second-order valence-corrected chi connectivity index (χ2v) is 1.86. The molecule has 0 bridgehead atoms. The first-order valence-electron chi connectivity index (χ1n) is 3.10. The van der Waals surface area contributed by atoms with Gasteiger partial charge in [-0.1, -0.05) is 18.2 Å². The fraction of sp³-hybridized carbons (Fsp3) is 0.250. The number of benzene rings is 1. The molecule has 0 unspecified atom stereocenters. The van der Waals surface area contributed by atoms with Crippen molar-refractivity contribution in [3.8, 4) is 5.75 Å². The Kier molecular flexibility index (Phi) is 6.06. The van der Waals surface area contributed by atoms with Crippen molar-refractivity contribution in [1.29, 1.82) is 0 Å². The Morgan fingerprint density at radius 3 is 2.45 bits per heavy atom. The Bertz CT molecular complexity index is 182. The van der Waals surface area contributed by atoms with Gasteiger partial charge in [-0.15, -0.1) is 0 Å². The van der Waals surface area contributed by atoms with Crippen molar-refractivity contribution in [2.24, 2.45) is 0 Å². The molecular formula is C8H11LiO2. The third kappa shape index (κ3) is 4.10. The van der Waals surface area contributed by atoms with Crippen molar-refractivity contribution in [3.63, 3.8) is 0 Å². The first-order chi connectivity index (χ1) is 4.93. The summed E-state index contributed by atoms with van der Waals surface area (Å²) in [6.07, 6.45) is 0. The van der Waals surface area contributed by atoms with Crippen LogP contribution in [0.1, 0.15) is 1.43 Å². The van der Waals surface area contributed by atoms with Crippen LogP contribution < -0.4 is 23.6 Å². The van der Waals surface area contributed by atoms with Crippen LogP contribution in [-0.2, 0) is 4.74 Å². The maximum absolute atomic E-state index is 5.13. The van der Waals surface area contributed by atoms with E-state index in [1.807, 2.05) is 30.3 Å². The average molecular weight is 146 g/mol. The normalized spacial score (nSPS) is 8.45. The Balaban J connectivity index is 0. The SMILES string of the molecule is COCOc1ccccc1.[H-].[Li+]. The molecule has 0 fully saturated rings. The molecule has 1 rings (SSSR count). The third-order valence-electron chi connectivity index (χ3n) is 1.09. The van der Waals surface area contributed by atoms with Crippen LogP contribution in [0.5, 0.6) is 5.75 Å². The molecule has 2 nitrogen and oxygen atoms in total. The van der Waals surface area contributed by atoms with Crippen molar-refractivity contribution in [2.75, 3.05) is 13.9 Å². The van der Waals surface area contributed by atoms with Gasteiger partial charge in [0.15, 0.2) is 6.79 Å². The third-order valence-corrected chi connectivity index (χ3v) is 1.09. The Morgan fingerprint density at radius 2 is 1.91 bits per heavy atom. The van der Waals surface area contributed by atoms with Gasteiger partial charge in [0.1, 0.15) is 5.75 Å². The zero-order valence-corrected chi connectivity index (χ0v) is 6.91. The molecule has 3 heteroatoms. The molecule has 0 aliphatic heterocycles. The van der Waals surface area contributed by atoms with E-state index in [0.29, 0.717) is 6.79 Å². The molecule has 1 aromatic carbocycles. The second-order valence-electron chi connectivity index (χ2n) is 1.86. The van der Waals surface area contributed by atoms with Crippen molar-refractivity contribution in [3.05, 3.63) is 30.3 Å². The van der Waals surface area contributed by atoms with Gasteiger partial charge in [-0.3, -0.25) is 0 Å². The van der Waals surface area contributed by atoms with Gasteiger partial charge < -0.3 is 10.9 Å². The molecule has 56 valence electrons. The minimum absolute atomic E-state index is 0. The fourth-order valence-corrected chi connectivity index (χ4v) is 0.644. The van der Waals surface area contributed by atoms with Crippen LogP contribution in [0.3, 0.4) is 0 Å². The van der Waals surface area contributed by atoms with E-state index in [2.05, 4.69) is 0 Å². The molecule has 0 saturated heterocycles. The van der Waals surface area contributed by atoms with E-state index in [4.69, 9.17) is 9.47 Å². The van der Waals surface area contributed by atoms with Gasteiger partial charge in [-0.25, -0.2) is 0 Å². The Morgan fingerprint density at radius 1 is 1.27 bits per heavy atom. The molecule has 11 heavy (non-hydrogen) atoms. The van der Waals surface area contributed by atoms with Gasteiger partial charge in [-0.05, 0) is 12.1 Å². The first-order valence-corrected chi connectivity index (χ1v) is 3.10. The number of rotatable bonds is 3. The van der Waals surface area contributed by atoms with Crippen LogP contribution in [0.2, 0.25) is 0 Å². The summed E-state index contributed by atoms with van der Waals surface area (Å²) in [5, 5.41) is 0. The van der Waals surface area contributed by atoms with Gasteiger partial charge in [0, 0.05) is 7.11 Å². The van der Waals surface area contributed by atoms with E-state index in [9.17, 15) is 0 Å². The maximum Gasteiger partial charge on any atom is 1.00 e. The van der Waals surface area contributed by atoms with Crippen LogP contribution in [0.25, 0.3) is 0 Å². The van der Waals surface area contributed by atoms with Crippen molar-refractivity contribution in [2.45, 2.75) is 0 Å². The zero-order valence-electron chi connectivity index (χ0n) is 7.91. The average Bonchev–Trinajstić information content (AvgIpc) is 2.03. The van der Waals surface area contributed by atoms with Gasteiger partial charge in [0.25, 0.3) is 0 Å². The number of ether oxygens (including phenoxy) is 2. The van der Waals surface area contributed by atoms with Crippen molar-refractivity contribution >= 4 is 0 Å². The van der Waals surface area contributed by atoms with Crippen molar-refractivity contribution < 1.29 is 29.8 Å². The van der Waals surface area contributed by atoms with Crippen LogP contribution in [-0.4, -0.2) is 13.9 Å². The molecular weight excluding hydrogens is 135 g/mol. The predicted octanol–water partition coefficient (Wildman–Crippen LogP) is -1.21. The van der Waals surface area contributed by atoms with Gasteiger partial charge in [0.2, 0.25) is 0 Å². The standard InChI is InChI=1S/C8H10O2.Li.H/c1-9-7-10-8-5-3-2-4-6-8;;/h2-6H,7H2,1H3;;/q;+1;-1. The fourth-order valence-electron chi connectivity index (χ4n) is 0.644. The summed E-state index contributed by atoms with van der Waals surface area (Å²) in [4.78, 5) is 0. The summed E-state index contributed by atoms with van der Waals surface area (Å²) in [7, 11) is 1.60. The molecule has 0 aliphatic rings. The molecule has 0 N–H and O–H groups in total. The first kappa shape index (κ1) is 10.6. The minimum atomic E-state index is 0. The summed E-state index contributed by atoms with van der Waals surface area (Å²) in [5.74, 6) is 0.837. The predicted molar refractivity (Wildman–Crippen MR) is 40.1 cm³/mol. The van der Waals surface area contributed by atoms with Crippen LogP contribution >= 0.6 is 0 Å². The topological polar surface area (TPSA) is 18.5 Å². The zero-order chi connectivity index (χ0) is 7.23. The number of para-hydroxylation sites is 1. The molecule has 0 radical (unpaired) electrons. The molecule has 0 aromatic heterocycles. The van der Waals surface area contributed by atoms with Crippen LogP contribution in [0.4, 0.5) is 0 Å². The molecule has 0 spiro atoms. The Hall–Kier alpha value is -0.423. The molecule has 0 amide bonds. The van der Waals surface area contributed by atoms with Gasteiger partial charge in [-0.2, -0.15) is 0 Å². The van der Waals surface area contributed by atoms with Crippen LogP contribution in [0.15, 0.2) is 30.3 Å². The largest absolute Gasteiger partial charge is 1.00 e. The summed E-state index contributed by atoms with van der Waals surface area (Å²) in [6.45, 7) is 0.310. The van der Waals surface area contributed by atoms with E-state index in [1.165, 1.54) is 0 Å². The smallest absolute Gasteiger partial charge is 1.00 e. The summed E-state index contributed by atoms with van der Waals surface area (Å²) >= 11 is 0. The number of methoxy groups -OCH3 is 1. The monoisotopic (exact) mass is 146 g/mol. The quantitative estimate of drug-likeness (QED) is 0.393. The van der Waals surface area contributed by atoms with Crippen LogP contribution in [0, 0.1) is 0 Å².